The average Bonchev–Trinajstić information content (AvgIpc) is 3.34. The summed E-state index contributed by atoms with van der Waals surface area (Å²) in [6, 6.07) is 17.1. The van der Waals surface area contributed by atoms with Crippen LogP contribution in [0, 0.1) is 13.8 Å². The van der Waals surface area contributed by atoms with Crippen molar-refractivity contribution in [1.82, 2.24) is 25.0 Å². The van der Waals surface area contributed by atoms with E-state index in [0.29, 0.717) is 16.0 Å². The maximum absolute atomic E-state index is 12.5. The van der Waals surface area contributed by atoms with Crippen molar-refractivity contribution in [2.24, 2.45) is 0 Å². The first-order chi connectivity index (χ1) is 14.5. The summed E-state index contributed by atoms with van der Waals surface area (Å²) in [7, 11) is 0. The Bertz CT molecular complexity index is 1170. The maximum Gasteiger partial charge on any atom is 0.234 e. The molecule has 0 saturated carbocycles. The van der Waals surface area contributed by atoms with Crippen molar-refractivity contribution in [3.8, 4) is 17.1 Å². The molecule has 0 bridgehead atoms. The van der Waals surface area contributed by atoms with Crippen molar-refractivity contribution in [2.75, 3.05) is 11.1 Å². The summed E-state index contributed by atoms with van der Waals surface area (Å²) in [6.07, 6.45) is 0. The van der Waals surface area contributed by atoms with E-state index in [1.807, 2.05) is 61.0 Å². The highest BCUT2D eigenvalue weighted by atomic mass is 35.5. The number of para-hydroxylation sites is 1. The second kappa shape index (κ2) is 8.73. The minimum atomic E-state index is -0.142. The first-order valence-electron chi connectivity index (χ1n) is 9.24. The highest BCUT2D eigenvalue weighted by Crippen LogP contribution is 2.24. The normalized spacial score (nSPS) is 10.9. The van der Waals surface area contributed by atoms with Crippen LogP contribution >= 0.6 is 23.4 Å². The van der Waals surface area contributed by atoms with E-state index >= 15 is 0 Å². The number of aryl methyl sites for hydroxylation is 1. The molecule has 0 spiro atoms. The molecule has 0 radical (unpaired) electrons. The molecule has 0 saturated heterocycles. The number of hydrogen-bond donors (Lipinski definition) is 2. The Morgan fingerprint density at radius 2 is 1.87 bits per heavy atom. The molecule has 0 aliphatic rings. The monoisotopic (exact) mass is 438 g/mol. The largest absolute Gasteiger partial charge is 0.322 e. The number of anilines is 1. The molecule has 0 aliphatic carbocycles. The average molecular weight is 439 g/mol. The number of aromatic amines is 1. The van der Waals surface area contributed by atoms with Gasteiger partial charge in [0.15, 0.2) is 5.82 Å². The van der Waals surface area contributed by atoms with Gasteiger partial charge in [-0.25, -0.2) is 9.67 Å². The van der Waals surface area contributed by atoms with Gasteiger partial charge in [0.25, 0.3) is 0 Å². The molecule has 9 heteroatoms. The molecule has 1 amide bonds. The first kappa shape index (κ1) is 20.2. The standard InChI is InChI=1S/C21H19ClN6OS/c1-13-19(14(2)28(27-13)17-6-4-3-5-7-17)23-18(29)12-30-21-24-20(25-26-21)15-8-10-16(22)11-9-15/h3-11H,12H2,1-2H3,(H,23,29)(H,24,25,26). The predicted octanol–water partition coefficient (Wildman–Crippen LogP) is 4.66. The zero-order valence-electron chi connectivity index (χ0n) is 16.4. The molecule has 0 fully saturated rings. The number of amides is 1. The summed E-state index contributed by atoms with van der Waals surface area (Å²) in [5, 5.41) is 15.7. The van der Waals surface area contributed by atoms with E-state index in [-0.39, 0.29) is 11.7 Å². The highest BCUT2D eigenvalue weighted by Gasteiger charge is 2.16. The fourth-order valence-corrected chi connectivity index (χ4v) is 3.72. The number of carbonyl (C=O) groups is 1. The Kier molecular flexibility index (Phi) is 5.87. The number of H-pyrrole nitrogens is 1. The van der Waals surface area contributed by atoms with Gasteiger partial charge in [-0.2, -0.15) is 5.10 Å². The molecule has 4 aromatic rings. The first-order valence-corrected chi connectivity index (χ1v) is 10.6. The Hall–Kier alpha value is -3.10. The Labute approximate surface area is 182 Å². The van der Waals surface area contributed by atoms with Crippen LogP contribution in [0.25, 0.3) is 17.1 Å². The van der Waals surface area contributed by atoms with E-state index in [1.54, 1.807) is 12.1 Å². The van der Waals surface area contributed by atoms with E-state index in [4.69, 9.17) is 11.6 Å². The van der Waals surface area contributed by atoms with Crippen molar-refractivity contribution in [3.63, 3.8) is 0 Å². The summed E-state index contributed by atoms with van der Waals surface area (Å²) < 4.78 is 1.83. The van der Waals surface area contributed by atoms with Crippen LogP contribution in [0.4, 0.5) is 5.69 Å². The van der Waals surface area contributed by atoms with Gasteiger partial charge in [-0.15, -0.1) is 5.10 Å². The van der Waals surface area contributed by atoms with Gasteiger partial charge in [0, 0.05) is 10.6 Å². The summed E-state index contributed by atoms with van der Waals surface area (Å²) in [4.78, 5) is 16.9. The van der Waals surface area contributed by atoms with E-state index in [2.05, 4.69) is 25.6 Å². The molecule has 0 atom stereocenters. The van der Waals surface area contributed by atoms with E-state index < -0.39 is 0 Å². The lowest BCUT2D eigenvalue weighted by Crippen LogP contribution is -2.15. The van der Waals surface area contributed by atoms with Crippen LogP contribution in [0.5, 0.6) is 0 Å². The minimum absolute atomic E-state index is 0.142. The second-order valence-electron chi connectivity index (χ2n) is 6.60. The maximum atomic E-state index is 12.5. The SMILES string of the molecule is Cc1nn(-c2ccccc2)c(C)c1NC(=O)CSc1n[nH]c(-c2ccc(Cl)cc2)n1. The zero-order valence-corrected chi connectivity index (χ0v) is 18.0. The molecule has 0 aliphatic heterocycles. The summed E-state index contributed by atoms with van der Waals surface area (Å²) in [5.74, 6) is 0.676. The Morgan fingerprint density at radius 1 is 1.13 bits per heavy atom. The fraction of sp³-hybridized carbons (Fsp3) is 0.143. The van der Waals surface area contributed by atoms with Gasteiger partial charge in [-0.3, -0.25) is 9.89 Å². The molecule has 2 N–H and O–H groups in total. The van der Waals surface area contributed by atoms with Crippen molar-refractivity contribution < 1.29 is 4.79 Å². The quantitative estimate of drug-likeness (QED) is 0.427. The van der Waals surface area contributed by atoms with Crippen LogP contribution in [0.3, 0.4) is 0 Å². The number of benzene rings is 2. The van der Waals surface area contributed by atoms with Crippen molar-refractivity contribution in [2.45, 2.75) is 19.0 Å². The number of nitrogens with one attached hydrogen (secondary N) is 2. The van der Waals surface area contributed by atoms with E-state index in [1.165, 1.54) is 11.8 Å². The number of hydrogen-bond acceptors (Lipinski definition) is 5. The molecule has 0 unspecified atom stereocenters. The number of carbonyl (C=O) groups excluding carboxylic acids is 1. The van der Waals surface area contributed by atoms with Crippen LogP contribution in [-0.4, -0.2) is 36.6 Å². The number of thioether (sulfide) groups is 1. The smallest absolute Gasteiger partial charge is 0.234 e. The van der Waals surface area contributed by atoms with Crippen molar-refractivity contribution >= 4 is 35.0 Å². The van der Waals surface area contributed by atoms with Gasteiger partial charge in [-0.05, 0) is 50.2 Å². The van der Waals surface area contributed by atoms with Gasteiger partial charge >= 0.3 is 0 Å². The molecular formula is C21H19ClN6OS. The molecule has 2 aromatic carbocycles. The molecular weight excluding hydrogens is 420 g/mol. The molecule has 4 rings (SSSR count). The van der Waals surface area contributed by atoms with Crippen LogP contribution in [0.2, 0.25) is 5.02 Å². The van der Waals surface area contributed by atoms with E-state index in [9.17, 15) is 4.79 Å². The van der Waals surface area contributed by atoms with Gasteiger partial charge < -0.3 is 5.32 Å². The minimum Gasteiger partial charge on any atom is -0.322 e. The number of aromatic nitrogens is 5. The Morgan fingerprint density at radius 3 is 2.60 bits per heavy atom. The topological polar surface area (TPSA) is 88.5 Å². The number of halogens is 1. The third-order valence-electron chi connectivity index (χ3n) is 4.47. The lowest BCUT2D eigenvalue weighted by molar-refractivity contribution is -0.113. The predicted molar refractivity (Wildman–Crippen MR) is 119 cm³/mol. The highest BCUT2D eigenvalue weighted by molar-refractivity contribution is 7.99. The summed E-state index contributed by atoms with van der Waals surface area (Å²) in [6.45, 7) is 3.81. The lowest BCUT2D eigenvalue weighted by Gasteiger charge is -2.06. The van der Waals surface area contributed by atoms with Crippen molar-refractivity contribution in [1.29, 1.82) is 0 Å². The van der Waals surface area contributed by atoms with E-state index in [0.717, 1.165) is 28.3 Å². The third kappa shape index (κ3) is 4.39. The number of rotatable bonds is 6. The molecule has 152 valence electrons. The fourth-order valence-electron chi connectivity index (χ4n) is 3.00. The summed E-state index contributed by atoms with van der Waals surface area (Å²) in [5.41, 5.74) is 4.19. The summed E-state index contributed by atoms with van der Waals surface area (Å²) >= 11 is 7.18. The molecule has 7 nitrogen and oxygen atoms in total. The van der Waals surface area contributed by atoms with Crippen LogP contribution in [0.15, 0.2) is 59.8 Å². The zero-order chi connectivity index (χ0) is 21.1. The van der Waals surface area contributed by atoms with Gasteiger partial charge in [0.2, 0.25) is 11.1 Å². The Balaban J connectivity index is 1.40. The molecule has 30 heavy (non-hydrogen) atoms. The third-order valence-corrected chi connectivity index (χ3v) is 5.57. The van der Waals surface area contributed by atoms with Gasteiger partial charge in [-0.1, -0.05) is 41.6 Å². The van der Waals surface area contributed by atoms with Crippen LogP contribution < -0.4 is 5.32 Å². The van der Waals surface area contributed by atoms with Crippen molar-refractivity contribution in [3.05, 3.63) is 71.0 Å². The van der Waals surface area contributed by atoms with Gasteiger partial charge in [0.05, 0.1) is 28.5 Å². The molecule has 2 aromatic heterocycles. The molecule has 2 heterocycles. The second-order valence-corrected chi connectivity index (χ2v) is 7.98. The van der Waals surface area contributed by atoms with Crippen LogP contribution in [-0.2, 0) is 4.79 Å². The number of nitrogens with zero attached hydrogens (tertiary/aromatic N) is 4. The van der Waals surface area contributed by atoms with Gasteiger partial charge in [0.1, 0.15) is 0 Å². The lowest BCUT2D eigenvalue weighted by atomic mass is 10.2. The van der Waals surface area contributed by atoms with Crippen LogP contribution in [0.1, 0.15) is 11.4 Å².